The van der Waals surface area contributed by atoms with E-state index in [1.807, 2.05) is 0 Å². The van der Waals surface area contributed by atoms with Gasteiger partial charge in [-0.2, -0.15) is 0 Å². The molecule has 0 amide bonds. The Kier molecular flexibility index (Phi) is 3.07. The molecule has 0 N–H and O–H groups in total. The molecule has 4 rings (SSSR count). The molecule has 2 bridgehead atoms. The fraction of sp³-hybridized carbons (Fsp3) is 0.882. The lowest BCUT2D eigenvalue weighted by Gasteiger charge is -2.61. The minimum Gasteiger partial charge on any atom is -0.374 e. The van der Waals surface area contributed by atoms with Crippen LogP contribution in [0, 0.1) is 23.2 Å². The van der Waals surface area contributed by atoms with Crippen molar-refractivity contribution in [2.24, 2.45) is 23.2 Å². The first-order valence-corrected chi connectivity index (χ1v) is 11.5. The van der Waals surface area contributed by atoms with E-state index in [1.165, 1.54) is 19.3 Å². The molecule has 0 aromatic rings. The van der Waals surface area contributed by atoms with E-state index < -0.39 is 8.07 Å². The van der Waals surface area contributed by atoms with Gasteiger partial charge in [0.1, 0.15) is 0 Å². The lowest BCUT2D eigenvalue weighted by molar-refractivity contribution is -0.169. The molecule has 0 heterocycles. The molecule has 4 atom stereocenters. The number of fused-ring (bicyclic) bond motifs is 2. The minimum absolute atomic E-state index is 0.535. The minimum atomic E-state index is -1.02. The number of hydrogen-bond donors (Lipinski definition) is 0. The average molecular weight is 279 g/mol. The van der Waals surface area contributed by atoms with Gasteiger partial charge in [-0.1, -0.05) is 45.6 Å². The molecule has 0 aromatic carbocycles. The van der Waals surface area contributed by atoms with Crippen molar-refractivity contribution in [2.45, 2.75) is 65.8 Å². The zero-order valence-electron chi connectivity index (χ0n) is 13.5. The highest BCUT2D eigenvalue weighted by atomic mass is 28.3. The van der Waals surface area contributed by atoms with Crippen LogP contribution in [0.5, 0.6) is 0 Å². The van der Waals surface area contributed by atoms with Crippen molar-refractivity contribution in [1.82, 2.24) is 0 Å². The Morgan fingerprint density at radius 1 is 1.21 bits per heavy atom. The van der Waals surface area contributed by atoms with Crippen LogP contribution in [0.4, 0.5) is 0 Å². The van der Waals surface area contributed by atoms with Crippen molar-refractivity contribution in [2.75, 3.05) is 6.61 Å². The highest BCUT2D eigenvalue weighted by molar-refractivity contribution is 6.84. The van der Waals surface area contributed by atoms with Crippen molar-refractivity contribution in [3.05, 3.63) is 10.8 Å². The Bertz CT molecular complexity index is 415. The zero-order valence-corrected chi connectivity index (χ0v) is 14.5. The van der Waals surface area contributed by atoms with Crippen molar-refractivity contribution in [3.63, 3.8) is 0 Å². The van der Waals surface area contributed by atoms with Gasteiger partial charge in [0.2, 0.25) is 0 Å². The number of ether oxygens (including phenoxy) is 1. The van der Waals surface area contributed by atoms with Gasteiger partial charge in [-0.15, -0.1) is 0 Å². The summed E-state index contributed by atoms with van der Waals surface area (Å²) in [5.74, 6) is 2.58. The lowest BCUT2D eigenvalue weighted by atomic mass is 9.45. The Morgan fingerprint density at radius 3 is 2.37 bits per heavy atom. The van der Waals surface area contributed by atoms with Crippen molar-refractivity contribution in [3.8, 4) is 0 Å². The zero-order chi connectivity index (χ0) is 14.0. The molecule has 0 spiro atoms. The maximum Gasteiger partial charge on any atom is 0.0729 e. The maximum atomic E-state index is 6.30. The Hall–Kier alpha value is -0.0831. The van der Waals surface area contributed by atoms with E-state index in [2.05, 4.69) is 40.4 Å². The van der Waals surface area contributed by atoms with Crippen LogP contribution in [0.1, 0.15) is 40.0 Å². The van der Waals surface area contributed by atoms with E-state index in [9.17, 15) is 0 Å². The summed E-state index contributed by atoms with van der Waals surface area (Å²) >= 11 is 0. The van der Waals surface area contributed by atoms with Gasteiger partial charge in [0.15, 0.2) is 0 Å². The topological polar surface area (TPSA) is 9.23 Å². The second kappa shape index (κ2) is 4.21. The summed E-state index contributed by atoms with van der Waals surface area (Å²) in [7, 11) is -1.02. The summed E-state index contributed by atoms with van der Waals surface area (Å²) < 4.78 is 6.30. The standard InChI is InChI=1S/C17H30OSi/c1-11-14-8-13(17(14,2)3)9-15(11)18-10-12-7-16(12)19(4,5)6/h11,13-15H,7-10H2,1-6H3/t11-,13+,14-,15?/m0/s1. The predicted molar refractivity (Wildman–Crippen MR) is 83.9 cm³/mol. The van der Waals surface area contributed by atoms with Gasteiger partial charge in [-0.3, -0.25) is 0 Å². The second-order valence-corrected chi connectivity index (χ2v) is 13.9. The smallest absolute Gasteiger partial charge is 0.0729 e. The summed E-state index contributed by atoms with van der Waals surface area (Å²) in [6.07, 6.45) is 4.58. The molecule has 0 radical (unpaired) electrons. The Morgan fingerprint density at radius 2 is 1.89 bits per heavy atom. The molecular weight excluding hydrogens is 248 g/mol. The van der Waals surface area contributed by atoms with Crippen LogP contribution in [-0.4, -0.2) is 20.8 Å². The quantitative estimate of drug-likeness (QED) is 0.680. The molecule has 0 aromatic heterocycles. The van der Waals surface area contributed by atoms with E-state index in [4.69, 9.17) is 4.74 Å². The maximum absolute atomic E-state index is 6.30. The monoisotopic (exact) mass is 278 g/mol. The van der Waals surface area contributed by atoms with Gasteiger partial charge < -0.3 is 4.74 Å². The van der Waals surface area contributed by atoms with E-state index >= 15 is 0 Å². The van der Waals surface area contributed by atoms with Gasteiger partial charge in [-0.05, 0) is 48.0 Å². The van der Waals surface area contributed by atoms with E-state index in [0.717, 1.165) is 24.4 Å². The fourth-order valence-electron chi connectivity index (χ4n) is 4.63. The summed E-state index contributed by atoms with van der Waals surface area (Å²) in [4.78, 5) is 0. The van der Waals surface area contributed by atoms with Crippen LogP contribution in [-0.2, 0) is 4.74 Å². The Labute approximate surface area is 119 Å². The SMILES string of the molecule is C[C@@H]1C(OCC2=C([Si](C)(C)C)C2)C[C@H]2C[C@@H]1C2(C)C. The normalized spacial score (nSPS) is 40.1. The molecule has 0 aliphatic heterocycles. The largest absolute Gasteiger partial charge is 0.374 e. The van der Waals surface area contributed by atoms with Crippen LogP contribution in [0.25, 0.3) is 0 Å². The van der Waals surface area contributed by atoms with Gasteiger partial charge in [0, 0.05) is 0 Å². The van der Waals surface area contributed by atoms with Crippen molar-refractivity contribution >= 4 is 8.07 Å². The molecule has 1 unspecified atom stereocenters. The fourth-order valence-corrected chi connectivity index (χ4v) is 6.51. The van der Waals surface area contributed by atoms with E-state index in [-0.39, 0.29) is 0 Å². The summed E-state index contributed by atoms with van der Waals surface area (Å²) in [6, 6.07) is 0. The van der Waals surface area contributed by atoms with Crippen LogP contribution in [0.3, 0.4) is 0 Å². The molecule has 3 fully saturated rings. The van der Waals surface area contributed by atoms with Gasteiger partial charge >= 0.3 is 0 Å². The molecule has 4 aliphatic rings. The first-order valence-electron chi connectivity index (χ1n) is 8.04. The molecule has 19 heavy (non-hydrogen) atoms. The van der Waals surface area contributed by atoms with Crippen LogP contribution >= 0.6 is 0 Å². The first-order chi connectivity index (χ1) is 8.71. The third-order valence-corrected chi connectivity index (χ3v) is 8.69. The predicted octanol–water partition coefficient (Wildman–Crippen LogP) is 4.65. The summed E-state index contributed by atoms with van der Waals surface area (Å²) in [5, 5.41) is 1.78. The lowest BCUT2D eigenvalue weighted by Crippen LogP contribution is -2.57. The van der Waals surface area contributed by atoms with Gasteiger partial charge in [-0.25, -0.2) is 0 Å². The third kappa shape index (κ3) is 2.25. The third-order valence-electron chi connectivity index (χ3n) is 6.35. The first kappa shape index (κ1) is 13.9. The Balaban J connectivity index is 1.55. The average Bonchev–Trinajstić information content (AvgIpc) is 3.06. The molecule has 108 valence electrons. The molecule has 3 saturated carbocycles. The number of allylic oxidation sites excluding steroid dienone is 1. The number of rotatable bonds is 4. The highest BCUT2D eigenvalue weighted by Gasteiger charge is 2.56. The second-order valence-electron chi connectivity index (χ2n) is 8.81. The summed E-state index contributed by atoms with van der Waals surface area (Å²) in [5.41, 5.74) is 2.23. The van der Waals surface area contributed by atoms with Gasteiger partial charge in [0.05, 0.1) is 20.8 Å². The highest BCUT2D eigenvalue weighted by Crippen LogP contribution is 2.61. The molecule has 4 aliphatic carbocycles. The van der Waals surface area contributed by atoms with Crippen LogP contribution in [0.2, 0.25) is 19.6 Å². The van der Waals surface area contributed by atoms with Crippen molar-refractivity contribution in [1.29, 1.82) is 0 Å². The van der Waals surface area contributed by atoms with Gasteiger partial charge in [0.25, 0.3) is 0 Å². The summed E-state index contributed by atoms with van der Waals surface area (Å²) in [6.45, 7) is 15.7. The molecule has 0 saturated heterocycles. The van der Waals surface area contributed by atoms with E-state index in [1.54, 1.807) is 10.8 Å². The molecular formula is C17H30OSi. The van der Waals surface area contributed by atoms with E-state index in [0.29, 0.717) is 11.5 Å². The number of hydrogen-bond acceptors (Lipinski definition) is 1. The van der Waals surface area contributed by atoms with Crippen LogP contribution in [0.15, 0.2) is 10.8 Å². The molecule has 1 nitrogen and oxygen atoms in total. The van der Waals surface area contributed by atoms with Crippen molar-refractivity contribution < 1.29 is 4.74 Å². The van der Waals surface area contributed by atoms with Crippen LogP contribution < -0.4 is 0 Å². The molecule has 2 heteroatoms.